The molecule has 1 atom stereocenters. The minimum absolute atomic E-state index is 0.210. The van der Waals surface area contributed by atoms with Gasteiger partial charge in [-0.1, -0.05) is 19.9 Å². The molecular weight excluding hydrogens is 262 g/mol. The Bertz CT molecular complexity index is 388. The second-order valence-corrected chi connectivity index (χ2v) is 6.60. The molecule has 1 unspecified atom stereocenters. The third-order valence-corrected chi connectivity index (χ3v) is 4.10. The number of nitrogens with one attached hydrogen (secondary N) is 1. The molecule has 2 heterocycles. The van der Waals surface area contributed by atoms with E-state index in [1.165, 1.54) is 5.56 Å². The van der Waals surface area contributed by atoms with E-state index in [4.69, 9.17) is 0 Å². The van der Waals surface area contributed by atoms with Crippen LogP contribution in [0.4, 0.5) is 0 Å². The third kappa shape index (κ3) is 6.12. The maximum absolute atomic E-state index is 9.92. The van der Waals surface area contributed by atoms with Crippen molar-refractivity contribution in [3.8, 4) is 0 Å². The highest BCUT2D eigenvalue weighted by atomic mass is 16.3. The van der Waals surface area contributed by atoms with Crippen molar-refractivity contribution in [2.24, 2.45) is 5.92 Å². The summed E-state index contributed by atoms with van der Waals surface area (Å²) in [6.45, 7) is 8.27. The average Bonchev–Trinajstić information content (AvgIpc) is 2.47. The second-order valence-electron chi connectivity index (χ2n) is 6.60. The summed E-state index contributed by atoms with van der Waals surface area (Å²) >= 11 is 0. The van der Waals surface area contributed by atoms with Gasteiger partial charge in [0.25, 0.3) is 0 Å². The van der Waals surface area contributed by atoms with Gasteiger partial charge in [0.15, 0.2) is 0 Å². The Morgan fingerprint density at radius 2 is 2.14 bits per heavy atom. The van der Waals surface area contributed by atoms with Crippen molar-refractivity contribution in [3.63, 3.8) is 0 Å². The minimum atomic E-state index is -0.210. The van der Waals surface area contributed by atoms with E-state index in [0.717, 1.165) is 45.4 Å². The van der Waals surface area contributed by atoms with E-state index in [1.54, 1.807) is 0 Å². The highest BCUT2D eigenvalue weighted by Gasteiger charge is 2.19. The van der Waals surface area contributed by atoms with Crippen molar-refractivity contribution in [2.75, 3.05) is 19.6 Å². The molecule has 1 aliphatic rings. The lowest BCUT2D eigenvalue weighted by atomic mass is 10.0. The van der Waals surface area contributed by atoms with Gasteiger partial charge in [0.2, 0.25) is 0 Å². The number of hydrogen-bond donors (Lipinski definition) is 2. The standard InChI is InChI=1S/C17H29N3O/c1-14(2)10-17(21)12-19-16-5-8-20(9-6-16)13-15-4-3-7-18-11-15/h3-4,7,11,14,16-17,19,21H,5-6,8-10,12-13H2,1-2H3. The number of hydrogen-bond acceptors (Lipinski definition) is 4. The first-order chi connectivity index (χ1) is 10.1. The van der Waals surface area contributed by atoms with Crippen LogP contribution in [0.15, 0.2) is 24.5 Å². The molecule has 0 bridgehead atoms. The van der Waals surface area contributed by atoms with Crippen molar-refractivity contribution in [1.82, 2.24) is 15.2 Å². The Morgan fingerprint density at radius 1 is 1.38 bits per heavy atom. The summed E-state index contributed by atoms with van der Waals surface area (Å²) in [4.78, 5) is 6.66. The van der Waals surface area contributed by atoms with Crippen LogP contribution in [0.25, 0.3) is 0 Å². The van der Waals surface area contributed by atoms with Gasteiger partial charge in [-0.15, -0.1) is 0 Å². The van der Waals surface area contributed by atoms with Crippen LogP contribution in [0.5, 0.6) is 0 Å². The number of aromatic nitrogens is 1. The highest BCUT2D eigenvalue weighted by Crippen LogP contribution is 2.14. The SMILES string of the molecule is CC(C)CC(O)CNC1CCN(Cc2cccnc2)CC1. The first-order valence-corrected chi connectivity index (χ1v) is 8.16. The molecule has 4 heteroatoms. The molecule has 1 aliphatic heterocycles. The normalized spacial score (nSPS) is 19.0. The van der Waals surface area contributed by atoms with E-state index < -0.39 is 0 Å². The summed E-state index contributed by atoms with van der Waals surface area (Å²) in [5.74, 6) is 0.558. The number of rotatable bonds is 7. The molecule has 118 valence electrons. The van der Waals surface area contributed by atoms with Crippen LogP contribution in [0.1, 0.15) is 38.7 Å². The van der Waals surface area contributed by atoms with Gasteiger partial charge in [-0.05, 0) is 49.9 Å². The van der Waals surface area contributed by atoms with Gasteiger partial charge in [-0.2, -0.15) is 0 Å². The molecule has 21 heavy (non-hydrogen) atoms. The first kappa shape index (κ1) is 16.4. The van der Waals surface area contributed by atoms with Gasteiger partial charge in [0.1, 0.15) is 0 Å². The average molecular weight is 291 g/mol. The van der Waals surface area contributed by atoms with Gasteiger partial charge in [-0.3, -0.25) is 9.88 Å². The van der Waals surface area contributed by atoms with Crippen LogP contribution in [0.3, 0.4) is 0 Å². The van der Waals surface area contributed by atoms with E-state index in [1.807, 2.05) is 18.5 Å². The molecule has 2 rings (SSSR count). The largest absolute Gasteiger partial charge is 0.392 e. The fourth-order valence-electron chi connectivity index (χ4n) is 2.98. The Kier molecular flexibility index (Phi) is 6.61. The summed E-state index contributed by atoms with van der Waals surface area (Å²) < 4.78 is 0. The smallest absolute Gasteiger partial charge is 0.0667 e. The zero-order valence-corrected chi connectivity index (χ0v) is 13.3. The van der Waals surface area contributed by atoms with Gasteiger partial charge < -0.3 is 10.4 Å². The number of nitrogens with zero attached hydrogens (tertiary/aromatic N) is 2. The van der Waals surface area contributed by atoms with Crippen LogP contribution < -0.4 is 5.32 Å². The molecule has 1 aromatic rings. The zero-order valence-electron chi connectivity index (χ0n) is 13.3. The minimum Gasteiger partial charge on any atom is -0.392 e. The van der Waals surface area contributed by atoms with Crippen LogP contribution in [0, 0.1) is 5.92 Å². The highest BCUT2D eigenvalue weighted by molar-refractivity contribution is 5.08. The number of likely N-dealkylation sites (tertiary alicyclic amines) is 1. The molecule has 0 amide bonds. The number of aliphatic hydroxyl groups excluding tert-OH is 1. The Labute approximate surface area is 128 Å². The monoisotopic (exact) mass is 291 g/mol. The molecule has 0 saturated carbocycles. The molecule has 0 aliphatic carbocycles. The van der Waals surface area contributed by atoms with Crippen LogP contribution >= 0.6 is 0 Å². The predicted molar refractivity (Wildman–Crippen MR) is 86.0 cm³/mol. The van der Waals surface area contributed by atoms with E-state index in [0.29, 0.717) is 12.0 Å². The molecule has 1 aromatic heterocycles. The van der Waals surface area contributed by atoms with Gasteiger partial charge in [0, 0.05) is 31.5 Å². The van der Waals surface area contributed by atoms with Crippen LogP contribution in [0.2, 0.25) is 0 Å². The Balaban J connectivity index is 1.64. The molecule has 0 spiro atoms. The molecule has 2 N–H and O–H groups in total. The van der Waals surface area contributed by atoms with E-state index in [2.05, 4.69) is 35.1 Å². The first-order valence-electron chi connectivity index (χ1n) is 8.16. The maximum Gasteiger partial charge on any atom is 0.0667 e. The number of aliphatic hydroxyl groups is 1. The predicted octanol–water partition coefficient (Wildman–Crippen LogP) is 2.04. The maximum atomic E-state index is 9.92. The summed E-state index contributed by atoms with van der Waals surface area (Å²) in [6.07, 6.45) is 6.77. The van der Waals surface area contributed by atoms with Gasteiger partial charge >= 0.3 is 0 Å². The van der Waals surface area contributed by atoms with E-state index in [-0.39, 0.29) is 6.10 Å². The summed E-state index contributed by atoms with van der Waals surface area (Å²) in [7, 11) is 0. The summed E-state index contributed by atoms with van der Waals surface area (Å²) in [6, 6.07) is 4.69. The lowest BCUT2D eigenvalue weighted by Crippen LogP contribution is -2.44. The van der Waals surface area contributed by atoms with Crippen molar-refractivity contribution < 1.29 is 5.11 Å². The summed E-state index contributed by atoms with van der Waals surface area (Å²) in [5, 5.41) is 13.4. The Hall–Kier alpha value is -0.970. The molecular formula is C17H29N3O. The quantitative estimate of drug-likeness (QED) is 0.807. The molecule has 1 fully saturated rings. The van der Waals surface area contributed by atoms with Crippen molar-refractivity contribution in [1.29, 1.82) is 0 Å². The Morgan fingerprint density at radius 3 is 2.76 bits per heavy atom. The second kappa shape index (κ2) is 8.47. The third-order valence-electron chi connectivity index (χ3n) is 4.10. The van der Waals surface area contributed by atoms with Crippen LogP contribution in [-0.2, 0) is 6.54 Å². The number of piperidine rings is 1. The molecule has 4 nitrogen and oxygen atoms in total. The van der Waals surface area contributed by atoms with Gasteiger partial charge in [-0.25, -0.2) is 0 Å². The van der Waals surface area contributed by atoms with E-state index >= 15 is 0 Å². The van der Waals surface area contributed by atoms with Gasteiger partial charge in [0.05, 0.1) is 6.10 Å². The fourth-order valence-corrected chi connectivity index (χ4v) is 2.98. The number of pyridine rings is 1. The topological polar surface area (TPSA) is 48.4 Å². The molecule has 0 aromatic carbocycles. The lowest BCUT2D eigenvalue weighted by molar-refractivity contribution is 0.130. The van der Waals surface area contributed by atoms with Crippen LogP contribution in [-0.4, -0.2) is 46.8 Å². The van der Waals surface area contributed by atoms with E-state index in [9.17, 15) is 5.11 Å². The zero-order chi connectivity index (χ0) is 15.1. The molecule has 1 saturated heterocycles. The lowest BCUT2D eigenvalue weighted by Gasteiger charge is -2.33. The molecule has 0 radical (unpaired) electrons. The van der Waals surface area contributed by atoms with Crippen molar-refractivity contribution in [2.45, 2.75) is 51.8 Å². The fraction of sp³-hybridized carbons (Fsp3) is 0.706. The van der Waals surface area contributed by atoms with Crippen molar-refractivity contribution >= 4 is 0 Å². The van der Waals surface area contributed by atoms with Crippen molar-refractivity contribution in [3.05, 3.63) is 30.1 Å². The summed E-state index contributed by atoms with van der Waals surface area (Å²) in [5.41, 5.74) is 1.29.